The number of hydrogen-bond acceptors (Lipinski definition) is 4. The van der Waals surface area contributed by atoms with Crippen molar-refractivity contribution in [2.45, 2.75) is 39.2 Å². The molecule has 0 heterocycles. The SMILES string of the molecule is CC(C)(C)c1ccc(CN(C(=O)Oc2ccc(-c3ccccc3)cc2)c2ccc(C(=O)NCCC(=O)O)cc2)cc1. The quantitative estimate of drug-likeness (QED) is 0.233. The number of benzene rings is 4. The number of rotatable bonds is 9. The fraction of sp³-hybridized carbons (Fsp3) is 0.206. The number of nitrogens with one attached hydrogen (secondary N) is 1. The van der Waals surface area contributed by atoms with Crippen molar-refractivity contribution in [1.29, 1.82) is 0 Å². The van der Waals surface area contributed by atoms with Crippen LogP contribution in [0.1, 0.15) is 48.7 Å². The van der Waals surface area contributed by atoms with E-state index in [0.717, 1.165) is 16.7 Å². The molecule has 0 aliphatic carbocycles. The van der Waals surface area contributed by atoms with E-state index >= 15 is 0 Å². The molecule has 4 aromatic carbocycles. The third-order valence-electron chi connectivity index (χ3n) is 6.61. The van der Waals surface area contributed by atoms with Crippen LogP contribution < -0.4 is 15.0 Å². The molecule has 0 saturated heterocycles. The fourth-order valence-corrected chi connectivity index (χ4v) is 4.23. The van der Waals surface area contributed by atoms with Crippen LogP contribution in [0, 0.1) is 0 Å². The molecule has 0 aromatic heterocycles. The summed E-state index contributed by atoms with van der Waals surface area (Å²) < 4.78 is 5.78. The number of amides is 2. The normalized spacial score (nSPS) is 11.0. The van der Waals surface area contributed by atoms with Crippen LogP contribution in [0.3, 0.4) is 0 Å². The number of carbonyl (C=O) groups is 3. The van der Waals surface area contributed by atoms with Gasteiger partial charge in [-0.15, -0.1) is 0 Å². The van der Waals surface area contributed by atoms with E-state index in [1.807, 2.05) is 54.6 Å². The van der Waals surface area contributed by atoms with Gasteiger partial charge in [-0.2, -0.15) is 0 Å². The molecule has 2 N–H and O–H groups in total. The lowest BCUT2D eigenvalue weighted by molar-refractivity contribution is -0.136. The van der Waals surface area contributed by atoms with Crippen LogP contribution in [0.25, 0.3) is 11.1 Å². The van der Waals surface area contributed by atoms with Gasteiger partial charge in [0.25, 0.3) is 5.91 Å². The molecule has 0 radical (unpaired) electrons. The molecule has 7 nitrogen and oxygen atoms in total. The Morgan fingerprint density at radius 2 is 1.39 bits per heavy atom. The molecular formula is C34H34N2O5. The van der Waals surface area contributed by atoms with Crippen molar-refractivity contribution >= 4 is 23.7 Å². The van der Waals surface area contributed by atoms with E-state index in [4.69, 9.17) is 9.84 Å². The first-order valence-corrected chi connectivity index (χ1v) is 13.4. The summed E-state index contributed by atoms with van der Waals surface area (Å²) in [6.45, 7) is 6.73. The van der Waals surface area contributed by atoms with E-state index in [2.05, 4.69) is 38.2 Å². The predicted octanol–water partition coefficient (Wildman–Crippen LogP) is 7.06. The topological polar surface area (TPSA) is 95.9 Å². The van der Waals surface area contributed by atoms with Gasteiger partial charge >= 0.3 is 12.1 Å². The van der Waals surface area contributed by atoms with Gasteiger partial charge in [0.1, 0.15) is 5.75 Å². The molecule has 0 spiro atoms. The average molecular weight is 551 g/mol. The van der Waals surface area contributed by atoms with Crippen LogP contribution in [0.15, 0.2) is 103 Å². The first-order valence-electron chi connectivity index (χ1n) is 13.4. The summed E-state index contributed by atoms with van der Waals surface area (Å²) in [6.07, 6.45) is -0.722. The summed E-state index contributed by atoms with van der Waals surface area (Å²) >= 11 is 0. The van der Waals surface area contributed by atoms with Crippen molar-refractivity contribution in [2.75, 3.05) is 11.4 Å². The van der Waals surface area contributed by atoms with Gasteiger partial charge in [-0.3, -0.25) is 14.5 Å². The van der Waals surface area contributed by atoms with Crippen LogP contribution in [0.4, 0.5) is 10.5 Å². The molecule has 0 saturated carbocycles. The van der Waals surface area contributed by atoms with Crippen molar-refractivity contribution in [3.05, 3.63) is 120 Å². The predicted molar refractivity (Wildman–Crippen MR) is 160 cm³/mol. The minimum Gasteiger partial charge on any atom is -0.481 e. The van der Waals surface area contributed by atoms with E-state index in [0.29, 0.717) is 17.0 Å². The summed E-state index contributed by atoms with van der Waals surface area (Å²) in [6, 6.07) is 32.0. The molecule has 0 fully saturated rings. The zero-order valence-electron chi connectivity index (χ0n) is 23.5. The first-order chi connectivity index (χ1) is 19.6. The van der Waals surface area contributed by atoms with E-state index < -0.39 is 12.1 Å². The summed E-state index contributed by atoms with van der Waals surface area (Å²) in [7, 11) is 0. The lowest BCUT2D eigenvalue weighted by Crippen LogP contribution is -2.33. The molecule has 2 amide bonds. The van der Waals surface area contributed by atoms with E-state index in [-0.39, 0.29) is 30.8 Å². The zero-order chi connectivity index (χ0) is 29.4. The standard InChI is InChI=1S/C34H34N2O5/c1-34(2,3)28-15-9-24(10-16-28)23-36(29-17-11-27(12-18-29)32(39)35-22-21-31(37)38)33(40)41-30-19-13-26(14-20-30)25-7-5-4-6-8-25/h4-20H,21-23H2,1-3H3,(H,35,39)(H,37,38). The van der Waals surface area contributed by atoms with E-state index in [1.54, 1.807) is 36.4 Å². The third-order valence-corrected chi connectivity index (χ3v) is 6.61. The van der Waals surface area contributed by atoms with Gasteiger partial charge < -0.3 is 15.2 Å². The Morgan fingerprint density at radius 1 is 0.780 bits per heavy atom. The Bertz CT molecular complexity index is 1470. The minimum absolute atomic E-state index is 0.00390. The highest BCUT2D eigenvalue weighted by Gasteiger charge is 2.21. The smallest absolute Gasteiger partial charge is 0.420 e. The fourth-order valence-electron chi connectivity index (χ4n) is 4.23. The summed E-state index contributed by atoms with van der Waals surface area (Å²) in [4.78, 5) is 38.1. The van der Waals surface area contributed by atoms with Gasteiger partial charge in [-0.1, -0.05) is 87.5 Å². The molecule has 0 aliphatic heterocycles. The largest absolute Gasteiger partial charge is 0.481 e. The highest BCUT2D eigenvalue weighted by Crippen LogP contribution is 2.26. The van der Waals surface area contributed by atoms with Crippen LogP contribution in [-0.4, -0.2) is 29.6 Å². The molecule has 4 rings (SSSR count). The lowest BCUT2D eigenvalue weighted by Gasteiger charge is -2.24. The van der Waals surface area contributed by atoms with Crippen molar-refractivity contribution in [1.82, 2.24) is 5.32 Å². The maximum atomic E-state index is 13.5. The number of hydrogen-bond donors (Lipinski definition) is 2. The van der Waals surface area contributed by atoms with Gasteiger partial charge in [-0.05, 0) is 64.1 Å². The van der Waals surface area contributed by atoms with E-state index in [1.165, 1.54) is 10.5 Å². The highest BCUT2D eigenvalue weighted by molar-refractivity contribution is 5.95. The molecule has 7 heteroatoms. The Balaban J connectivity index is 1.54. The maximum absolute atomic E-state index is 13.5. The molecule has 41 heavy (non-hydrogen) atoms. The number of carbonyl (C=O) groups excluding carboxylic acids is 2. The molecule has 0 bridgehead atoms. The average Bonchev–Trinajstić information content (AvgIpc) is 2.96. The maximum Gasteiger partial charge on any atom is 0.420 e. The van der Waals surface area contributed by atoms with Crippen molar-refractivity contribution in [2.24, 2.45) is 0 Å². The summed E-state index contributed by atoms with van der Waals surface area (Å²) in [5, 5.41) is 11.4. The van der Waals surface area contributed by atoms with Crippen LogP contribution in [-0.2, 0) is 16.8 Å². The molecule has 0 aliphatic rings. The Morgan fingerprint density at radius 3 is 1.98 bits per heavy atom. The second-order valence-electron chi connectivity index (χ2n) is 10.7. The van der Waals surface area contributed by atoms with E-state index in [9.17, 15) is 14.4 Å². The van der Waals surface area contributed by atoms with Gasteiger partial charge in [0.2, 0.25) is 0 Å². The second-order valence-corrected chi connectivity index (χ2v) is 10.7. The number of anilines is 1. The molecule has 210 valence electrons. The van der Waals surface area contributed by atoms with Crippen LogP contribution in [0.2, 0.25) is 0 Å². The monoisotopic (exact) mass is 550 g/mol. The Hall–Kier alpha value is -4.91. The number of aliphatic carboxylic acids is 1. The third kappa shape index (κ3) is 8.05. The number of carboxylic acid groups (broad SMARTS) is 1. The Kier molecular flexibility index (Phi) is 9.19. The Labute approximate surface area is 240 Å². The van der Waals surface area contributed by atoms with Crippen molar-refractivity contribution in [3.63, 3.8) is 0 Å². The molecule has 0 unspecified atom stereocenters. The van der Waals surface area contributed by atoms with Crippen molar-refractivity contribution < 1.29 is 24.2 Å². The second kappa shape index (κ2) is 13.0. The molecule has 4 aromatic rings. The highest BCUT2D eigenvalue weighted by atomic mass is 16.6. The number of ether oxygens (including phenoxy) is 1. The van der Waals surface area contributed by atoms with Crippen LogP contribution in [0.5, 0.6) is 5.75 Å². The van der Waals surface area contributed by atoms with Gasteiger partial charge in [-0.25, -0.2) is 4.79 Å². The van der Waals surface area contributed by atoms with Gasteiger partial charge in [0, 0.05) is 17.8 Å². The summed E-state index contributed by atoms with van der Waals surface area (Å²) in [5.41, 5.74) is 5.11. The molecule has 0 atom stereocenters. The van der Waals surface area contributed by atoms with Gasteiger partial charge in [0.15, 0.2) is 0 Å². The first kappa shape index (κ1) is 29.1. The zero-order valence-corrected chi connectivity index (χ0v) is 23.5. The van der Waals surface area contributed by atoms with Crippen molar-refractivity contribution in [3.8, 4) is 16.9 Å². The summed E-state index contributed by atoms with van der Waals surface area (Å²) in [5.74, 6) is -0.958. The minimum atomic E-state index is -0.986. The number of nitrogens with zero attached hydrogens (tertiary/aromatic N) is 1. The number of carboxylic acids is 1. The van der Waals surface area contributed by atoms with Gasteiger partial charge in [0.05, 0.1) is 13.0 Å². The van der Waals surface area contributed by atoms with Crippen LogP contribution >= 0.6 is 0 Å². The lowest BCUT2D eigenvalue weighted by atomic mass is 9.87. The molecular weight excluding hydrogens is 516 g/mol.